The first kappa shape index (κ1) is 20.1. The van der Waals surface area contributed by atoms with Crippen molar-refractivity contribution >= 4 is 17.5 Å². The second-order valence-corrected chi connectivity index (χ2v) is 6.32. The maximum atomic E-state index is 11.5. The molecule has 6 heteroatoms. The SMILES string of the molecule is CCNC(=O)COc1ccc(CNC(C)c2cccc(Cl)c2)cc1OC. The molecule has 1 unspecified atom stereocenters. The molecule has 0 aliphatic heterocycles. The van der Waals surface area contributed by atoms with Crippen molar-refractivity contribution in [2.75, 3.05) is 20.3 Å². The van der Waals surface area contributed by atoms with E-state index in [1.807, 2.05) is 49.4 Å². The van der Waals surface area contributed by atoms with Gasteiger partial charge in [0.15, 0.2) is 18.1 Å². The van der Waals surface area contributed by atoms with E-state index >= 15 is 0 Å². The van der Waals surface area contributed by atoms with Crippen LogP contribution in [0.25, 0.3) is 0 Å². The van der Waals surface area contributed by atoms with Crippen molar-refractivity contribution in [2.45, 2.75) is 26.4 Å². The fourth-order valence-electron chi connectivity index (χ4n) is 2.50. The number of hydrogen-bond acceptors (Lipinski definition) is 4. The van der Waals surface area contributed by atoms with Gasteiger partial charge in [0.2, 0.25) is 0 Å². The largest absolute Gasteiger partial charge is 0.493 e. The molecule has 2 rings (SSSR count). The fraction of sp³-hybridized carbons (Fsp3) is 0.350. The molecule has 2 aromatic carbocycles. The Kier molecular flexibility index (Phi) is 7.75. The molecular formula is C20H25ClN2O3. The summed E-state index contributed by atoms with van der Waals surface area (Å²) >= 11 is 6.05. The molecular weight excluding hydrogens is 352 g/mol. The number of likely N-dealkylation sites (N-methyl/N-ethyl adjacent to an activating group) is 1. The lowest BCUT2D eigenvalue weighted by Crippen LogP contribution is -2.28. The normalized spacial score (nSPS) is 11.7. The molecule has 0 aliphatic rings. The number of carbonyl (C=O) groups excluding carboxylic acids is 1. The summed E-state index contributed by atoms with van der Waals surface area (Å²) in [6.07, 6.45) is 0. The molecule has 0 fully saturated rings. The Morgan fingerprint density at radius 3 is 2.69 bits per heavy atom. The van der Waals surface area contributed by atoms with Crippen molar-refractivity contribution < 1.29 is 14.3 Å². The summed E-state index contributed by atoms with van der Waals surface area (Å²) in [5.74, 6) is 0.991. The lowest BCUT2D eigenvalue weighted by molar-refractivity contribution is -0.123. The summed E-state index contributed by atoms with van der Waals surface area (Å²) in [4.78, 5) is 11.5. The standard InChI is InChI=1S/C20H25ClN2O3/c1-4-22-20(24)13-26-18-9-8-15(10-19(18)25-3)12-23-14(2)16-6-5-7-17(21)11-16/h5-11,14,23H,4,12-13H2,1-3H3,(H,22,24). The van der Waals surface area contributed by atoms with Gasteiger partial charge in [0.25, 0.3) is 5.91 Å². The van der Waals surface area contributed by atoms with Crippen molar-refractivity contribution in [3.63, 3.8) is 0 Å². The predicted octanol–water partition coefficient (Wildman–Crippen LogP) is 3.71. The van der Waals surface area contributed by atoms with Crippen LogP contribution in [0.5, 0.6) is 11.5 Å². The third-order valence-electron chi connectivity index (χ3n) is 3.92. The Morgan fingerprint density at radius 1 is 1.19 bits per heavy atom. The van der Waals surface area contributed by atoms with Gasteiger partial charge in [0.05, 0.1) is 7.11 Å². The molecule has 0 aliphatic carbocycles. The van der Waals surface area contributed by atoms with Gasteiger partial charge in [0.1, 0.15) is 0 Å². The van der Waals surface area contributed by atoms with Crippen LogP contribution in [0, 0.1) is 0 Å². The second kappa shape index (κ2) is 10.0. The van der Waals surface area contributed by atoms with Gasteiger partial charge in [-0.3, -0.25) is 4.79 Å². The molecule has 0 spiro atoms. The second-order valence-electron chi connectivity index (χ2n) is 5.88. The highest BCUT2D eigenvalue weighted by Crippen LogP contribution is 2.28. The van der Waals surface area contributed by atoms with E-state index in [-0.39, 0.29) is 18.6 Å². The Hall–Kier alpha value is -2.24. The minimum Gasteiger partial charge on any atom is -0.493 e. The average molecular weight is 377 g/mol. The Balaban J connectivity index is 1.96. The number of carbonyl (C=O) groups is 1. The molecule has 26 heavy (non-hydrogen) atoms. The molecule has 1 amide bonds. The number of rotatable bonds is 9. The van der Waals surface area contributed by atoms with Gasteiger partial charge >= 0.3 is 0 Å². The molecule has 1 atom stereocenters. The molecule has 0 bridgehead atoms. The third-order valence-corrected chi connectivity index (χ3v) is 4.16. The molecule has 0 radical (unpaired) electrons. The van der Waals surface area contributed by atoms with Gasteiger partial charge in [-0.15, -0.1) is 0 Å². The summed E-state index contributed by atoms with van der Waals surface area (Å²) in [6.45, 7) is 5.17. The third kappa shape index (κ3) is 5.93. The smallest absolute Gasteiger partial charge is 0.257 e. The lowest BCUT2D eigenvalue weighted by Gasteiger charge is -2.16. The molecule has 5 nitrogen and oxygen atoms in total. The number of amides is 1. The zero-order valence-electron chi connectivity index (χ0n) is 15.3. The summed E-state index contributed by atoms with van der Waals surface area (Å²) in [5.41, 5.74) is 2.19. The van der Waals surface area contributed by atoms with E-state index in [4.69, 9.17) is 21.1 Å². The van der Waals surface area contributed by atoms with Crippen molar-refractivity contribution in [1.82, 2.24) is 10.6 Å². The van der Waals surface area contributed by atoms with Gasteiger partial charge in [-0.25, -0.2) is 0 Å². The fourth-order valence-corrected chi connectivity index (χ4v) is 2.70. The van der Waals surface area contributed by atoms with E-state index in [1.54, 1.807) is 7.11 Å². The minimum absolute atomic E-state index is 0.0341. The van der Waals surface area contributed by atoms with Crippen molar-refractivity contribution in [3.05, 3.63) is 58.6 Å². The summed E-state index contributed by atoms with van der Waals surface area (Å²) in [5, 5.41) is 6.88. The molecule has 0 saturated carbocycles. The minimum atomic E-state index is -0.157. The van der Waals surface area contributed by atoms with Crippen LogP contribution in [-0.4, -0.2) is 26.2 Å². The number of ether oxygens (including phenoxy) is 2. The monoisotopic (exact) mass is 376 g/mol. The summed E-state index contributed by atoms with van der Waals surface area (Å²) in [6, 6.07) is 13.6. The Labute approximate surface area is 159 Å². The zero-order valence-corrected chi connectivity index (χ0v) is 16.1. The number of halogens is 1. The van der Waals surface area contributed by atoms with E-state index in [2.05, 4.69) is 17.6 Å². The van der Waals surface area contributed by atoms with Crippen LogP contribution in [0.1, 0.15) is 31.0 Å². The Bertz CT molecular complexity index is 737. The molecule has 0 saturated heterocycles. The quantitative estimate of drug-likeness (QED) is 0.700. The molecule has 2 aromatic rings. The van der Waals surface area contributed by atoms with Gasteiger partial charge in [0, 0.05) is 24.2 Å². The van der Waals surface area contributed by atoms with Crippen LogP contribution in [0.3, 0.4) is 0 Å². The molecule has 0 aromatic heterocycles. The average Bonchev–Trinajstić information content (AvgIpc) is 2.64. The van der Waals surface area contributed by atoms with E-state index in [0.29, 0.717) is 24.6 Å². The first-order valence-electron chi connectivity index (χ1n) is 8.58. The maximum Gasteiger partial charge on any atom is 0.257 e. The molecule has 140 valence electrons. The van der Waals surface area contributed by atoms with E-state index in [1.165, 1.54) is 0 Å². The molecule has 0 heterocycles. The van der Waals surface area contributed by atoms with Gasteiger partial charge in [-0.05, 0) is 49.2 Å². The summed E-state index contributed by atoms with van der Waals surface area (Å²) in [7, 11) is 1.58. The van der Waals surface area contributed by atoms with Crippen LogP contribution in [0.4, 0.5) is 0 Å². The zero-order chi connectivity index (χ0) is 18.9. The highest BCUT2D eigenvalue weighted by atomic mass is 35.5. The van der Waals surface area contributed by atoms with Gasteiger partial charge in [-0.2, -0.15) is 0 Å². The number of hydrogen-bond donors (Lipinski definition) is 2. The van der Waals surface area contributed by atoms with Crippen LogP contribution < -0.4 is 20.1 Å². The maximum absolute atomic E-state index is 11.5. The van der Waals surface area contributed by atoms with Crippen molar-refractivity contribution in [3.8, 4) is 11.5 Å². The van der Waals surface area contributed by atoms with Crippen LogP contribution in [-0.2, 0) is 11.3 Å². The van der Waals surface area contributed by atoms with Crippen molar-refractivity contribution in [2.24, 2.45) is 0 Å². The van der Waals surface area contributed by atoms with Gasteiger partial charge < -0.3 is 20.1 Å². The van der Waals surface area contributed by atoms with Crippen molar-refractivity contribution in [1.29, 1.82) is 0 Å². The Morgan fingerprint density at radius 2 is 2.00 bits per heavy atom. The number of nitrogens with one attached hydrogen (secondary N) is 2. The lowest BCUT2D eigenvalue weighted by atomic mass is 10.1. The van der Waals surface area contributed by atoms with Gasteiger partial charge in [-0.1, -0.05) is 29.8 Å². The predicted molar refractivity (Wildman–Crippen MR) is 104 cm³/mol. The molecule has 2 N–H and O–H groups in total. The summed E-state index contributed by atoms with van der Waals surface area (Å²) < 4.78 is 10.9. The van der Waals surface area contributed by atoms with E-state index < -0.39 is 0 Å². The van der Waals surface area contributed by atoms with Crippen LogP contribution in [0.2, 0.25) is 5.02 Å². The number of methoxy groups -OCH3 is 1. The first-order chi connectivity index (χ1) is 12.5. The van der Waals surface area contributed by atoms with Crippen LogP contribution >= 0.6 is 11.6 Å². The van der Waals surface area contributed by atoms with E-state index in [9.17, 15) is 4.79 Å². The first-order valence-corrected chi connectivity index (χ1v) is 8.96. The van der Waals surface area contributed by atoms with Crippen LogP contribution in [0.15, 0.2) is 42.5 Å². The highest BCUT2D eigenvalue weighted by Gasteiger charge is 2.10. The number of benzene rings is 2. The highest BCUT2D eigenvalue weighted by molar-refractivity contribution is 6.30. The van der Waals surface area contributed by atoms with E-state index in [0.717, 1.165) is 16.1 Å². The topological polar surface area (TPSA) is 59.6 Å².